The molecule has 1 aromatic rings. The molecule has 0 bridgehead atoms. The number of rotatable bonds is 1. The summed E-state index contributed by atoms with van der Waals surface area (Å²) in [5.74, 6) is 0.0503. The topological polar surface area (TPSA) is 52.6 Å². The van der Waals surface area contributed by atoms with Gasteiger partial charge in [0.2, 0.25) is 0 Å². The predicted octanol–water partition coefficient (Wildman–Crippen LogP) is 2.86. The summed E-state index contributed by atoms with van der Waals surface area (Å²) in [7, 11) is 0. The van der Waals surface area contributed by atoms with Gasteiger partial charge in [-0.3, -0.25) is 4.79 Å². The third-order valence-electron chi connectivity index (χ3n) is 4.44. The van der Waals surface area contributed by atoms with Crippen LogP contribution in [-0.2, 0) is 0 Å². The lowest BCUT2D eigenvalue weighted by atomic mass is 9.83. The lowest BCUT2D eigenvalue weighted by Gasteiger charge is -2.51. The van der Waals surface area contributed by atoms with Crippen molar-refractivity contribution in [1.29, 1.82) is 0 Å². The second-order valence-corrected chi connectivity index (χ2v) is 6.06. The van der Waals surface area contributed by atoms with E-state index in [-0.39, 0.29) is 17.7 Å². The number of carbonyl (C=O) groups excluding carboxylic acids is 1. The largest absolute Gasteiger partial charge is 0.393 e. The number of nitrogens with one attached hydrogen (secondary N) is 1. The minimum Gasteiger partial charge on any atom is -0.393 e. The minimum absolute atomic E-state index is 0.0503. The van der Waals surface area contributed by atoms with Crippen molar-refractivity contribution in [3.05, 3.63) is 28.8 Å². The number of fused-ring (bicyclic) bond motifs is 1. The molecule has 1 aliphatic heterocycles. The number of aliphatic hydroxyl groups excluding tert-OH is 1. The standard InChI is InChI=1S/C15H19ClN2O2/c1-2-18-14(20)12-4-3-10(16)9-13(12)17-15(18)7-5-11(19)6-8-15/h3-4,9,11,17,19H,2,5-8H2,1H3. The maximum Gasteiger partial charge on any atom is 0.257 e. The van der Waals surface area contributed by atoms with Gasteiger partial charge < -0.3 is 15.3 Å². The lowest BCUT2D eigenvalue weighted by molar-refractivity contribution is 0.0191. The molecule has 0 saturated heterocycles. The number of carbonyl (C=O) groups is 1. The van der Waals surface area contributed by atoms with Crippen LogP contribution >= 0.6 is 11.6 Å². The summed E-state index contributed by atoms with van der Waals surface area (Å²) in [6.45, 7) is 2.65. The fourth-order valence-electron chi connectivity index (χ4n) is 3.39. The van der Waals surface area contributed by atoms with Crippen LogP contribution in [-0.4, -0.2) is 34.2 Å². The van der Waals surface area contributed by atoms with Crippen molar-refractivity contribution in [3.8, 4) is 0 Å². The van der Waals surface area contributed by atoms with Crippen LogP contribution in [0.3, 0.4) is 0 Å². The maximum absolute atomic E-state index is 12.7. The fraction of sp³-hybridized carbons (Fsp3) is 0.533. The Bertz CT molecular complexity index is 539. The normalized spacial score (nSPS) is 29.2. The van der Waals surface area contributed by atoms with E-state index < -0.39 is 0 Å². The SMILES string of the molecule is CCN1C(=O)c2ccc(Cl)cc2NC12CCC(O)CC2. The molecule has 1 saturated carbocycles. The Balaban J connectivity index is 2.02. The highest BCUT2D eigenvalue weighted by molar-refractivity contribution is 6.31. The van der Waals surface area contributed by atoms with Gasteiger partial charge in [0, 0.05) is 11.6 Å². The fourth-order valence-corrected chi connectivity index (χ4v) is 3.56. The van der Waals surface area contributed by atoms with Gasteiger partial charge in [-0.1, -0.05) is 11.6 Å². The second-order valence-electron chi connectivity index (χ2n) is 5.63. The maximum atomic E-state index is 12.7. The summed E-state index contributed by atoms with van der Waals surface area (Å²) in [5.41, 5.74) is 1.11. The Hall–Kier alpha value is -1.26. The van der Waals surface area contributed by atoms with Crippen molar-refractivity contribution in [2.75, 3.05) is 11.9 Å². The van der Waals surface area contributed by atoms with Crippen LogP contribution < -0.4 is 5.32 Å². The van der Waals surface area contributed by atoms with E-state index in [0.29, 0.717) is 30.0 Å². The first-order valence-corrected chi connectivity index (χ1v) is 7.51. The minimum atomic E-state index is -0.372. The lowest BCUT2D eigenvalue weighted by Crippen LogP contribution is -2.61. The Labute approximate surface area is 123 Å². The molecule has 0 atom stereocenters. The Morgan fingerprint density at radius 1 is 1.45 bits per heavy atom. The molecular formula is C15H19ClN2O2. The first-order chi connectivity index (χ1) is 9.55. The summed E-state index contributed by atoms with van der Waals surface area (Å²) in [4.78, 5) is 14.6. The van der Waals surface area contributed by atoms with E-state index in [2.05, 4.69) is 5.32 Å². The number of amides is 1. The summed E-state index contributed by atoms with van der Waals surface area (Å²) >= 11 is 6.04. The molecule has 1 aliphatic carbocycles. The predicted molar refractivity (Wildman–Crippen MR) is 79.0 cm³/mol. The van der Waals surface area contributed by atoms with Gasteiger partial charge in [0.15, 0.2) is 0 Å². The molecule has 108 valence electrons. The molecule has 20 heavy (non-hydrogen) atoms. The third kappa shape index (κ3) is 2.07. The van der Waals surface area contributed by atoms with E-state index in [0.717, 1.165) is 18.5 Å². The van der Waals surface area contributed by atoms with E-state index >= 15 is 0 Å². The quantitative estimate of drug-likeness (QED) is 0.837. The van der Waals surface area contributed by atoms with Crippen LogP contribution in [0, 0.1) is 0 Å². The average Bonchev–Trinajstić information content (AvgIpc) is 2.42. The number of nitrogens with zero attached hydrogens (tertiary/aromatic N) is 1. The molecule has 1 spiro atoms. The number of aliphatic hydroxyl groups is 1. The van der Waals surface area contributed by atoms with Crippen molar-refractivity contribution in [2.24, 2.45) is 0 Å². The Morgan fingerprint density at radius 3 is 2.80 bits per heavy atom. The molecule has 1 fully saturated rings. The molecule has 5 heteroatoms. The van der Waals surface area contributed by atoms with Crippen molar-refractivity contribution in [3.63, 3.8) is 0 Å². The average molecular weight is 295 g/mol. The molecule has 0 aromatic heterocycles. The molecular weight excluding hydrogens is 276 g/mol. The molecule has 1 aromatic carbocycles. The van der Waals surface area contributed by atoms with Crippen LogP contribution in [0.15, 0.2) is 18.2 Å². The van der Waals surface area contributed by atoms with Gasteiger partial charge in [0.1, 0.15) is 5.66 Å². The van der Waals surface area contributed by atoms with Gasteiger partial charge in [0.25, 0.3) is 5.91 Å². The number of hydrogen-bond donors (Lipinski definition) is 2. The molecule has 2 N–H and O–H groups in total. The van der Waals surface area contributed by atoms with Gasteiger partial charge in [0.05, 0.1) is 17.4 Å². The molecule has 4 nitrogen and oxygen atoms in total. The van der Waals surface area contributed by atoms with Crippen LogP contribution in [0.2, 0.25) is 5.02 Å². The first-order valence-electron chi connectivity index (χ1n) is 7.13. The van der Waals surface area contributed by atoms with Gasteiger partial charge >= 0.3 is 0 Å². The highest BCUT2D eigenvalue weighted by Crippen LogP contribution is 2.40. The van der Waals surface area contributed by atoms with E-state index in [4.69, 9.17) is 11.6 Å². The van der Waals surface area contributed by atoms with Crippen LogP contribution in [0.4, 0.5) is 5.69 Å². The Kier molecular flexibility index (Phi) is 3.38. The zero-order valence-electron chi connectivity index (χ0n) is 11.5. The summed E-state index contributed by atoms with van der Waals surface area (Å²) in [6.07, 6.45) is 2.70. The van der Waals surface area contributed by atoms with Crippen molar-refractivity contribution in [1.82, 2.24) is 4.90 Å². The summed E-state index contributed by atoms with van der Waals surface area (Å²) in [6, 6.07) is 5.34. The van der Waals surface area contributed by atoms with E-state index in [9.17, 15) is 9.90 Å². The van der Waals surface area contributed by atoms with Gasteiger partial charge in [-0.2, -0.15) is 0 Å². The summed E-state index contributed by atoms with van der Waals surface area (Å²) in [5, 5.41) is 13.9. The highest BCUT2D eigenvalue weighted by Gasteiger charge is 2.45. The number of benzene rings is 1. The second kappa shape index (κ2) is 4.93. The molecule has 0 radical (unpaired) electrons. The molecule has 3 rings (SSSR count). The molecule has 2 aliphatic rings. The van der Waals surface area contributed by atoms with Crippen LogP contribution in [0.5, 0.6) is 0 Å². The zero-order valence-corrected chi connectivity index (χ0v) is 12.3. The first kappa shape index (κ1) is 13.7. The number of hydrogen-bond acceptors (Lipinski definition) is 3. The summed E-state index contributed by atoms with van der Waals surface area (Å²) < 4.78 is 0. The zero-order chi connectivity index (χ0) is 14.3. The smallest absolute Gasteiger partial charge is 0.257 e. The van der Waals surface area contributed by atoms with Crippen molar-refractivity contribution in [2.45, 2.75) is 44.4 Å². The highest BCUT2D eigenvalue weighted by atomic mass is 35.5. The van der Waals surface area contributed by atoms with E-state index in [1.54, 1.807) is 12.1 Å². The Morgan fingerprint density at radius 2 is 2.15 bits per heavy atom. The van der Waals surface area contributed by atoms with Crippen LogP contribution in [0.1, 0.15) is 43.0 Å². The van der Waals surface area contributed by atoms with Gasteiger partial charge in [-0.25, -0.2) is 0 Å². The third-order valence-corrected chi connectivity index (χ3v) is 4.67. The van der Waals surface area contributed by atoms with Crippen molar-refractivity contribution < 1.29 is 9.90 Å². The van der Waals surface area contributed by atoms with Crippen molar-refractivity contribution >= 4 is 23.2 Å². The molecule has 1 amide bonds. The van der Waals surface area contributed by atoms with E-state index in [1.807, 2.05) is 17.9 Å². The van der Waals surface area contributed by atoms with Gasteiger partial charge in [-0.15, -0.1) is 0 Å². The number of anilines is 1. The van der Waals surface area contributed by atoms with Crippen LogP contribution in [0.25, 0.3) is 0 Å². The molecule has 1 heterocycles. The van der Waals surface area contributed by atoms with Gasteiger partial charge in [-0.05, 0) is 50.8 Å². The van der Waals surface area contributed by atoms with E-state index in [1.165, 1.54) is 0 Å². The molecule has 0 unspecified atom stereocenters. The monoisotopic (exact) mass is 294 g/mol. The number of halogens is 1.